The van der Waals surface area contributed by atoms with Crippen LogP contribution >= 0.6 is 0 Å². The molecule has 0 aromatic heterocycles. The Balaban J connectivity index is 1.79. The Labute approximate surface area is 73.6 Å². The molecular formula is C9H16N2O. The highest BCUT2D eigenvalue weighted by Crippen LogP contribution is 2.12. The first-order valence-electron chi connectivity index (χ1n) is 4.63. The van der Waals surface area contributed by atoms with Gasteiger partial charge in [-0.25, -0.2) is 0 Å². The summed E-state index contributed by atoms with van der Waals surface area (Å²) in [5, 5.41) is 0. The van der Waals surface area contributed by atoms with Crippen molar-refractivity contribution in [2.24, 2.45) is 0 Å². The molecule has 0 aliphatic carbocycles. The molecule has 2 rings (SSSR count). The summed E-state index contributed by atoms with van der Waals surface area (Å²) in [4.78, 5) is 4.73. The Kier molecular flexibility index (Phi) is 2.33. The molecular weight excluding hydrogens is 152 g/mol. The van der Waals surface area contributed by atoms with E-state index >= 15 is 0 Å². The maximum absolute atomic E-state index is 5.20. The molecule has 1 fully saturated rings. The first-order chi connectivity index (χ1) is 5.88. The predicted molar refractivity (Wildman–Crippen MR) is 47.7 cm³/mol. The highest BCUT2D eigenvalue weighted by Gasteiger charge is 2.26. The van der Waals surface area contributed by atoms with Crippen LogP contribution in [0.3, 0.4) is 0 Å². The van der Waals surface area contributed by atoms with Crippen LogP contribution in [0.1, 0.15) is 6.92 Å². The minimum absolute atomic E-state index is 0.523. The third-order valence-electron chi connectivity index (χ3n) is 2.33. The zero-order chi connectivity index (χ0) is 8.39. The highest BCUT2D eigenvalue weighted by atomic mass is 16.6. The predicted octanol–water partition coefficient (Wildman–Crippen LogP) is 0.494. The molecule has 1 unspecified atom stereocenters. The van der Waals surface area contributed by atoms with Crippen LogP contribution in [0.15, 0.2) is 12.3 Å². The third-order valence-corrected chi connectivity index (χ3v) is 2.33. The molecule has 0 amide bonds. The minimum Gasteiger partial charge on any atom is -0.372 e. The first-order valence-corrected chi connectivity index (χ1v) is 4.63. The summed E-state index contributed by atoms with van der Waals surface area (Å²) in [5.74, 6) is 0. The van der Waals surface area contributed by atoms with Gasteiger partial charge in [-0.15, -0.1) is 0 Å². The van der Waals surface area contributed by atoms with Crippen LogP contribution in [-0.2, 0) is 4.74 Å². The van der Waals surface area contributed by atoms with Gasteiger partial charge in [0, 0.05) is 19.6 Å². The van der Waals surface area contributed by atoms with Crippen LogP contribution in [0.5, 0.6) is 0 Å². The van der Waals surface area contributed by atoms with Gasteiger partial charge in [-0.2, -0.15) is 0 Å². The highest BCUT2D eigenvalue weighted by molar-refractivity contribution is 4.91. The summed E-state index contributed by atoms with van der Waals surface area (Å²) in [5.41, 5.74) is 0. The van der Waals surface area contributed by atoms with Gasteiger partial charge in [-0.3, -0.25) is 4.90 Å². The van der Waals surface area contributed by atoms with Crippen molar-refractivity contribution in [3.63, 3.8) is 0 Å². The SMILES string of the molecule is CCN1C=CCN(CC2CO2)C1. The van der Waals surface area contributed by atoms with E-state index < -0.39 is 0 Å². The summed E-state index contributed by atoms with van der Waals surface area (Å²) < 4.78 is 5.20. The van der Waals surface area contributed by atoms with E-state index in [1.54, 1.807) is 0 Å². The van der Waals surface area contributed by atoms with Gasteiger partial charge in [0.05, 0.1) is 19.4 Å². The van der Waals surface area contributed by atoms with Gasteiger partial charge in [0.15, 0.2) is 0 Å². The van der Waals surface area contributed by atoms with Gasteiger partial charge >= 0.3 is 0 Å². The molecule has 2 aliphatic heterocycles. The second kappa shape index (κ2) is 3.46. The van der Waals surface area contributed by atoms with Gasteiger partial charge in [0.25, 0.3) is 0 Å². The molecule has 3 heteroatoms. The molecule has 12 heavy (non-hydrogen) atoms. The number of epoxide rings is 1. The van der Waals surface area contributed by atoms with Gasteiger partial charge in [-0.05, 0) is 13.1 Å². The van der Waals surface area contributed by atoms with Crippen molar-refractivity contribution in [2.75, 3.05) is 32.9 Å². The molecule has 0 bridgehead atoms. The lowest BCUT2D eigenvalue weighted by Gasteiger charge is -2.31. The fourth-order valence-corrected chi connectivity index (χ4v) is 1.51. The standard InChI is InChI=1S/C9H16N2O/c1-2-10-4-3-5-11(8-10)6-9-7-12-9/h3-4,9H,2,5-8H2,1H3. The molecule has 3 nitrogen and oxygen atoms in total. The van der Waals surface area contributed by atoms with Crippen LogP contribution in [0.25, 0.3) is 0 Å². The van der Waals surface area contributed by atoms with E-state index in [-0.39, 0.29) is 0 Å². The van der Waals surface area contributed by atoms with Crippen molar-refractivity contribution < 1.29 is 4.74 Å². The quantitative estimate of drug-likeness (QED) is 0.572. The van der Waals surface area contributed by atoms with Crippen LogP contribution < -0.4 is 0 Å². The number of hydrogen-bond donors (Lipinski definition) is 0. The summed E-state index contributed by atoms with van der Waals surface area (Å²) in [6.45, 7) is 7.48. The lowest BCUT2D eigenvalue weighted by atomic mass is 10.3. The lowest BCUT2D eigenvalue weighted by Crippen LogP contribution is -2.40. The third kappa shape index (κ3) is 1.99. The van der Waals surface area contributed by atoms with E-state index in [0.717, 1.165) is 32.9 Å². The normalized spacial score (nSPS) is 29.4. The van der Waals surface area contributed by atoms with Crippen molar-refractivity contribution in [3.8, 4) is 0 Å². The Morgan fingerprint density at radius 2 is 2.42 bits per heavy atom. The van der Waals surface area contributed by atoms with Crippen molar-refractivity contribution in [1.29, 1.82) is 0 Å². The van der Waals surface area contributed by atoms with Crippen molar-refractivity contribution in [3.05, 3.63) is 12.3 Å². The molecule has 68 valence electrons. The van der Waals surface area contributed by atoms with E-state index in [1.165, 1.54) is 0 Å². The number of hydrogen-bond acceptors (Lipinski definition) is 3. The van der Waals surface area contributed by atoms with Crippen molar-refractivity contribution in [2.45, 2.75) is 13.0 Å². The Bertz CT molecular complexity index is 177. The second-order valence-electron chi connectivity index (χ2n) is 3.42. The lowest BCUT2D eigenvalue weighted by molar-refractivity contribution is 0.162. The molecule has 0 spiro atoms. The monoisotopic (exact) mass is 168 g/mol. The minimum atomic E-state index is 0.523. The Hall–Kier alpha value is -0.540. The van der Waals surface area contributed by atoms with Crippen LogP contribution in [0.2, 0.25) is 0 Å². The largest absolute Gasteiger partial charge is 0.372 e. The average Bonchev–Trinajstić information content (AvgIpc) is 2.89. The van der Waals surface area contributed by atoms with E-state index in [4.69, 9.17) is 4.74 Å². The number of ether oxygens (including phenoxy) is 1. The Morgan fingerprint density at radius 3 is 3.08 bits per heavy atom. The molecule has 0 aromatic carbocycles. The zero-order valence-corrected chi connectivity index (χ0v) is 7.57. The number of nitrogens with zero attached hydrogens (tertiary/aromatic N) is 2. The summed E-state index contributed by atoms with van der Waals surface area (Å²) in [6.07, 6.45) is 4.93. The molecule has 0 radical (unpaired) electrons. The van der Waals surface area contributed by atoms with Gasteiger partial charge in [0.1, 0.15) is 0 Å². The summed E-state index contributed by atoms with van der Waals surface area (Å²) in [6, 6.07) is 0. The van der Waals surface area contributed by atoms with Gasteiger partial charge in [0.2, 0.25) is 0 Å². The van der Waals surface area contributed by atoms with Crippen molar-refractivity contribution >= 4 is 0 Å². The topological polar surface area (TPSA) is 19.0 Å². The molecule has 0 saturated carbocycles. The average molecular weight is 168 g/mol. The summed E-state index contributed by atoms with van der Waals surface area (Å²) >= 11 is 0. The van der Waals surface area contributed by atoms with Gasteiger partial charge < -0.3 is 9.64 Å². The first kappa shape index (κ1) is 8.08. The van der Waals surface area contributed by atoms with Crippen LogP contribution in [0.4, 0.5) is 0 Å². The van der Waals surface area contributed by atoms with E-state index in [1.807, 2.05) is 0 Å². The van der Waals surface area contributed by atoms with E-state index in [9.17, 15) is 0 Å². The maximum atomic E-state index is 5.20. The second-order valence-corrected chi connectivity index (χ2v) is 3.42. The zero-order valence-electron chi connectivity index (χ0n) is 7.57. The maximum Gasteiger partial charge on any atom is 0.0937 e. The fraction of sp³-hybridized carbons (Fsp3) is 0.778. The molecule has 2 heterocycles. The Morgan fingerprint density at radius 1 is 1.58 bits per heavy atom. The molecule has 1 saturated heterocycles. The van der Waals surface area contributed by atoms with Crippen molar-refractivity contribution in [1.82, 2.24) is 9.80 Å². The fourth-order valence-electron chi connectivity index (χ4n) is 1.51. The molecule has 2 aliphatic rings. The summed E-state index contributed by atoms with van der Waals surface area (Å²) in [7, 11) is 0. The molecule has 0 N–H and O–H groups in total. The van der Waals surface area contributed by atoms with Crippen LogP contribution in [-0.4, -0.2) is 48.8 Å². The van der Waals surface area contributed by atoms with Crippen LogP contribution in [0, 0.1) is 0 Å². The van der Waals surface area contributed by atoms with Gasteiger partial charge in [-0.1, -0.05) is 6.08 Å². The van der Waals surface area contributed by atoms with E-state index in [0.29, 0.717) is 6.10 Å². The van der Waals surface area contributed by atoms with E-state index in [2.05, 4.69) is 29.0 Å². The molecule has 1 atom stereocenters. The number of rotatable bonds is 3. The smallest absolute Gasteiger partial charge is 0.0937 e. The molecule has 0 aromatic rings.